The fraction of sp³-hybridized carbons (Fsp3) is 0.250. The lowest BCUT2D eigenvalue weighted by atomic mass is 10.2. The Balaban J connectivity index is 1.74. The molecule has 0 spiro atoms. The van der Waals surface area contributed by atoms with Crippen LogP contribution in [0.5, 0.6) is 0 Å². The number of hydrogen-bond acceptors (Lipinski definition) is 4. The molecule has 1 aromatic carbocycles. The summed E-state index contributed by atoms with van der Waals surface area (Å²) in [4.78, 5) is 22.4. The Morgan fingerprint density at radius 3 is 2.78 bits per heavy atom. The lowest BCUT2D eigenvalue weighted by Gasteiger charge is -2.15. The van der Waals surface area contributed by atoms with Crippen LogP contribution in [0.2, 0.25) is 5.02 Å². The van der Waals surface area contributed by atoms with E-state index in [0.29, 0.717) is 26.8 Å². The molecule has 0 fully saturated rings. The highest BCUT2D eigenvalue weighted by Crippen LogP contribution is 2.25. The fourth-order valence-electron chi connectivity index (χ4n) is 3.12. The predicted molar refractivity (Wildman–Crippen MR) is 111 cm³/mol. The largest absolute Gasteiger partial charge is 0.307 e. The van der Waals surface area contributed by atoms with Crippen molar-refractivity contribution >= 4 is 39.9 Å². The molecule has 4 aromatic rings. The van der Waals surface area contributed by atoms with Crippen molar-refractivity contribution in [2.24, 2.45) is 0 Å². The second-order valence-electron chi connectivity index (χ2n) is 6.77. The van der Waals surface area contributed by atoms with Crippen LogP contribution in [0.1, 0.15) is 31.1 Å². The number of hydrogen-bond donors (Lipinski definition) is 0. The molecule has 0 unspecified atom stereocenters. The maximum atomic E-state index is 12.9. The summed E-state index contributed by atoms with van der Waals surface area (Å²) in [6.45, 7) is 6.02. The zero-order valence-electron chi connectivity index (χ0n) is 15.3. The SMILES string of the molecule is Cc1cccn2cc(CSc3nc4cc(Cl)ccc4c(=O)n3C(C)C)nc12. The second-order valence-corrected chi connectivity index (χ2v) is 8.15. The van der Waals surface area contributed by atoms with Crippen molar-refractivity contribution < 1.29 is 0 Å². The Kier molecular flexibility index (Phi) is 4.70. The van der Waals surface area contributed by atoms with Crippen LogP contribution in [0.4, 0.5) is 0 Å². The second kappa shape index (κ2) is 7.02. The predicted octanol–water partition coefficient (Wildman–Crippen LogP) is 4.88. The summed E-state index contributed by atoms with van der Waals surface area (Å²) in [7, 11) is 0. The summed E-state index contributed by atoms with van der Waals surface area (Å²) in [5, 5.41) is 1.84. The topological polar surface area (TPSA) is 52.2 Å². The van der Waals surface area contributed by atoms with Gasteiger partial charge in [0, 0.05) is 29.2 Å². The van der Waals surface area contributed by atoms with Crippen LogP contribution in [0.25, 0.3) is 16.6 Å². The van der Waals surface area contributed by atoms with Gasteiger partial charge in [0.1, 0.15) is 5.65 Å². The number of nitrogens with zero attached hydrogens (tertiary/aromatic N) is 4. The van der Waals surface area contributed by atoms with E-state index in [4.69, 9.17) is 21.6 Å². The summed E-state index contributed by atoms with van der Waals surface area (Å²) >= 11 is 7.61. The highest BCUT2D eigenvalue weighted by Gasteiger charge is 2.15. The molecule has 4 rings (SSSR count). The molecule has 27 heavy (non-hydrogen) atoms. The Labute approximate surface area is 166 Å². The van der Waals surface area contributed by atoms with Crippen LogP contribution in [0.3, 0.4) is 0 Å². The number of aromatic nitrogens is 4. The molecule has 0 radical (unpaired) electrons. The zero-order chi connectivity index (χ0) is 19.1. The van der Waals surface area contributed by atoms with Gasteiger partial charge in [-0.1, -0.05) is 29.4 Å². The first-order chi connectivity index (χ1) is 12.9. The molecule has 0 N–H and O–H groups in total. The van der Waals surface area contributed by atoms with E-state index < -0.39 is 0 Å². The number of fused-ring (bicyclic) bond motifs is 2. The molecular formula is C20H19ClN4OS. The van der Waals surface area contributed by atoms with Crippen molar-refractivity contribution in [2.45, 2.75) is 37.7 Å². The molecule has 0 atom stereocenters. The maximum absolute atomic E-state index is 12.9. The first-order valence-corrected chi connectivity index (χ1v) is 10.1. The zero-order valence-corrected chi connectivity index (χ0v) is 16.9. The van der Waals surface area contributed by atoms with E-state index in [1.807, 2.05) is 49.7 Å². The molecule has 0 bridgehead atoms. The van der Waals surface area contributed by atoms with Crippen LogP contribution in [0.15, 0.2) is 52.7 Å². The van der Waals surface area contributed by atoms with E-state index in [1.54, 1.807) is 22.8 Å². The number of aryl methyl sites for hydroxylation is 1. The molecule has 0 aliphatic carbocycles. The van der Waals surface area contributed by atoms with Gasteiger partial charge in [0.15, 0.2) is 5.16 Å². The first kappa shape index (κ1) is 18.1. The molecule has 0 aliphatic heterocycles. The minimum Gasteiger partial charge on any atom is -0.307 e. The summed E-state index contributed by atoms with van der Waals surface area (Å²) in [6, 6.07) is 9.27. The molecular weight excluding hydrogens is 380 g/mol. The molecule has 138 valence electrons. The van der Waals surface area contributed by atoms with Gasteiger partial charge in [-0.15, -0.1) is 0 Å². The van der Waals surface area contributed by atoms with Gasteiger partial charge in [-0.25, -0.2) is 9.97 Å². The molecule has 5 nitrogen and oxygen atoms in total. The van der Waals surface area contributed by atoms with E-state index in [2.05, 4.69) is 0 Å². The van der Waals surface area contributed by atoms with E-state index in [1.165, 1.54) is 11.8 Å². The monoisotopic (exact) mass is 398 g/mol. The average Bonchev–Trinajstić information content (AvgIpc) is 3.04. The highest BCUT2D eigenvalue weighted by atomic mass is 35.5. The van der Waals surface area contributed by atoms with Crippen LogP contribution < -0.4 is 5.56 Å². The summed E-state index contributed by atoms with van der Waals surface area (Å²) in [5.74, 6) is 0.631. The third-order valence-corrected chi connectivity index (χ3v) is 5.65. The number of thioether (sulfide) groups is 1. The van der Waals surface area contributed by atoms with E-state index in [9.17, 15) is 4.79 Å². The van der Waals surface area contributed by atoms with Crippen LogP contribution in [0, 0.1) is 6.92 Å². The summed E-state index contributed by atoms with van der Waals surface area (Å²) in [6.07, 6.45) is 4.01. The van der Waals surface area contributed by atoms with Crippen LogP contribution in [-0.2, 0) is 5.75 Å². The average molecular weight is 399 g/mol. The van der Waals surface area contributed by atoms with Crippen LogP contribution in [-0.4, -0.2) is 18.9 Å². The smallest absolute Gasteiger partial charge is 0.262 e. The van der Waals surface area contributed by atoms with Gasteiger partial charge in [0.2, 0.25) is 0 Å². The molecule has 0 aliphatic rings. The van der Waals surface area contributed by atoms with Crippen molar-refractivity contribution in [3.05, 3.63) is 69.4 Å². The Bertz CT molecular complexity index is 1210. The summed E-state index contributed by atoms with van der Waals surface area (Å²) in [5.41, 5.74) is 3.61. The third kappa shape index (κ3) is 3.35. The van der Waals surface area contributed by atoms with Gasteiger partial charge in [-0.2, -0.15) is 0 Å². The van der Waals surface area contributed by atoms with Gasteiger partial charge in [0.05, 0.1) is 16.6 Å². The van der Waals surface area contributed by atoms with Gasteiger partial charge < -0.3 is 4.40 Å². The summed E-state index contributed by atoms with van der Waals surface area (Å²) < 4.78 is 3.76. The van der Waals surface area contributed by atoms with Gasteiger partial charge in [-0.3, -0.25) is 9.36 Å². The van der Waals surface area contributed by atoms with Crippen molar-refractivity contribution in [3.8, 4) is 0 Å². The van der Waals surface area contributed by atoms with Crippen molar-refractivity contribution in [1.82, 2.24) is 18.9 Å². The van der Waals surface area contributed by atoms with Gasteiger partial charge in [-0.05, 0) is 50.6 Å². The van der Waals surface area contributed by atoms with Crippen LogP contribution >= 0.6 is 23.4 Å². The van der Waals surface area contributed by atoms with Crippen molar-refractivity contribution in [2.75, 3.05) is 0 Å². The van der Waals surface area contributed by atoms with E-state index in [0.717, 1.165) is 16.9 Å². The number of imidazole rings is 1. The van der Waals surface area contributed by atoms with E-state index in [-0.39, 0.29) is 11.6 Å². The quantitative estimate of drug-likeness (QED) is 0.363. The Morgan fingerprint density at radius 2 is 2.04 bits per heavy atom. The van der Waals surface area contributed by atoms with Gasteiger partial charge >= 0.3 is 0 Å². The molecule has 0 saturated carbocycles. The highest BCUT2D eigenvalue weighted by molar-refractivity contribution is 7.98. The minimum atomic E-state index is -0.0417. The van der Waals surface area contributed by atoms with Crippen molar-refractivity contribution in [1.29, 1.82) is 0 Å². The third-order valence-electron chi connectivity index (χ3n) is 4.42. The van der Waals surface area contributed by atoms with Gasteiger partial charge in [0.25, 0.3) is 5.56 Å². The maximum Gasteiger partial charge on any atom is 0.262 e. The first-order valence-electron chi connectivity index (χ1n) is 8.72. The number of benzene rings is 1. The number of pyridine rings is 1. The molecule has 3 heterocycles. The number of halogens is 1. The fourth-order valence-corrected chi connectivity index (χ4v) is 4.30. The Hall–Kier alpha value is -2.31. The Morgan fingerprint density at radius 1 is 1.22 bits per heavy atom. The minimum absolute atomic E-state index is 0.0101. The molecule has 0 amide bonds. The lowest BCUT2D eigenvalue weighted by Crippen LogP contribution is -2.25. The molecule has 7 heteroatoms. The number of rotatable bonds is 4. The van der Waals surface area contributed by atoms with E-state index >= 15 is 0 Å². The normalized spacial score (nSPS) is 11.7. The molecule has 3 aromatic heterocycles. The lowest BCUT2D eigenvalue weighted by molar-refractivity contribution is 0.519. The standard InChI is InChI=1S/C20H19ClN4OS/c1-12(2)25-19(26)16-7-6-14(21)9-17(16)23-20(25)27-11-15-10-24-8-4-5-13(3)18(24)22-15/h4-10,12H,11H2,1-3H3. The van der Waals surface area contributed by atoms with Crippen molar-refractivity contribution in [3.63, 3.8) is 0 Å². The molecule has 0 saturated heterocycles.